The van der Waals surface area contributed by atoms with Crippen LogP contribution in [0, 0.1) is 19.7 Å². The van der Waals surface area contributed by atoms with E-state index in [9.17, 15) is 18.8 Å². The molecule has 9 heteroatoms. The highest BCUT2D eigenvalue weighted by atomic mass is 35.5. The fraction of sp³-hybridized carbons (Fsp3) is 0.0938. The Morgan fingerprint density at radius 1 is 0.829 bits per heavy atom. The number of hydrogen-bond donors (Lipinski definition) is 3. The van der Waals surface area contributed by atoms with Crippen LogP contribution in [0.4, 0.5) is 15.8 Å². The highest BCUT2D eigenvalue weighted by Crippen LogP contribution is 2.24. The predicted molar refractivity (Wildman–Crippen MR) is 164 cm³/mol. The van der Waals surface area contributed by atoms with Crippen LogP contribution in [-0.2, 0) is 9.59 Å². The first-order valence-corrected chi connectivity index (χ1v) is 14.0. The number of halogens is 2. The lowest BCUT2D eigenvalue weighted by Crippen LogP contribution is -2.30. The van der Waals surface area contributed by atoms with Gasteiger partial charge >= 0.3 is 0 Å². The monoisotopic (exact) mass is 587 g/mol. The van der Waals surface area contributed by atoms with Crippen LogP contribution in [0.2, 0.25) is 5.02 Å². The highest BCUT2D eigenvalue weighted by Gasteiger charge is 2.17. The Bertz CT molecular complexity index is 1610. The van der Waals surface area contributed by atoms with Crippen LogP contribution >= 0.6 is 23.4 Å². The van der Waals surface area contributed by atoms with Gasteiger partial charge in [-0.05, 0) is 85.6 Å². The minimum Gasteiger partial charge on any atom is -0.325 e. The molecule has 0 atom stereocenters. The van der Waals surface area contributed by atoms with Crippen molar-refractivity contribution < 1.29 is 18.8 Å². The molecule has 0 unspecified atom stereocenters. The van der Waals surface area contributed by atoms with Gasteiger partial charge in [0.1, 0.15) is 11.5 Å². The highest BCUT2D eigenvalue weighted by molar-refractivity contribution is 8.00. The molecule has 0 aliphatic rings. The molecular formula is C32H27ClFN3O3S. The molecule has 0 fully saturated rings. The van der Waals surface area contributed by atoms with E-state index < -0.39 is 17.6 Å². The number of anilines is 2. The van der Waals surface area contributed by atoms with Crippen LogP contribution in [0.25, 0.3) is 6.08 Å². The number of nitrogens with one attached hydrogen (secondary N) is 3. The normalized spacial score (nSPS) is 11.1. The van der Waals surface area contributed by atoms with Gasteiger partial charge in [-0.25, -0.2) is 4.39 Å². The second-order valence-electron chi connectivity index (χ2n) is 9.13. The van der Waals surface area contributed by atoms with Gasteiger partial charge in [0.15, 0.2) is 0 Å². The number of aryl methyl sites for hydroxylation is 2. The Kier molecular flexibility index (Phi) is 9.95. The van der Waals surface area contributed by atoms with Gasteiger partial charge in [-0.15, -0.1) is 11.8 Å². The summed E-state index contributed by atoms with van der Waals surface area (Å²) < 4.78 is 14.5. The van der Waals surface area contributed by atoms with Crippen molar-refractivity contribution in [2.75, 3.05) is 16.4 Å². The summed E-state index contributed by atoms with van der Waals surface area (Å²) in [5.41, 5.74) is 3.47. The van der Waals surface area contributed by atoms with E-state index in [0.717, 1.165) is 21.7 Å². The van der Waals surface area contributed by atoms with Gasteiger partial charge in [-0.2, -0.15) is 0 Å². The molecule has 4 aromatic rings. The van der Waals surface area contributed by atoms with E-state index >= 15 is 0 Å². The molecule has 0 heterocycles. The summed E-state index contributed by atoms with van der Waals surface area (Å²) in [6.07, 6.45) is 1.20. The summed E-state index contributed by atoms with van der Waals surface area (Å²) in [4.78, 5) is 39.4. The molecule has 0 aliphatic carbocycles. The van der Waals surface area contributed by atoms with Gasteiger partial charge in [0.25, 0.3) is 11.8 Å². The maximum absolute atomic E-state index is 14.5. The first kappa shape index (κ1) is 29.6. The van der Waals surface area contributed by atoms with Gasteiger partial charge in [0, 0.05) is 27.4 Å². The van der Waals surface area contributed by atoms with Crippen LogP contribution in [0.15, 0.2) is 102 Å². The Balaban J connectivity index is 1.48. The Morgan fingerprint density at radius 2 is 1.56 bits per heavy atom. The quantitative estimate of drug-likeness (QED) is 0.142. The third kappa shape index (κ3) is 8.30. The molecule has 0 saturated carbocycles. The summed E-state index contributed by atoms with van der Waals surface area (Å²) in [7, 11) is 0. The van der Waals surface area contributed by atoms with E-state index in [2.05, 4.69) is 16.0 Å². The Labute approximate surface area is 247 Å². The standard InChI is InChI=1S/C32H27ClFN3O3S/c1-20-14-15-24(16-21(20)2)35-30(38)19-41-25-11-6-10-23(17-25)36-32(40)29(18-26-27(33)12-7-13-28(26)34)37-31(39)22-8-4-3-5-9-22/h3-18H,19H2,1-2H3,(H,35,38)(H,36,40)(H,37,39)/b29-18+. The van der Waals surface area contributed by atoms with Crippen molar-refractivity contribution in [2.45, 2.75) is 18.7 Å². The van der Waals surface area contributed by atoms with E-state index in [-0.39, 0.29) is 27.9 Å². The predicted octanol–water partition coefficient (Wildman–Crippen LogP) is 7.24. The second kappa shape index (κ2) is 13.8. The summed E-state index contributed by atoms with van der Waals surface area (Å²) >= 11 is 7.48. The Morgan fingerprint density at radius 3 is 2.29 bits per heavy atom. The molecule has 0 radical (unpaired) electrons. The minimum absolute atomic E-state index is 0.0354. The van der Waals surface area contributed by atoms with Gasteiger partial charge in [-0.1, -0.05) is 48.0 Å². The smallest absolute Gasteiger partial charge is 0.272 e. The topological polar surface area (TPSA) is 87.3 Å². The molecule has 0 spiro atoms. The molecule has 208 valence electrons. The molecule has 0 aromatic heterocycles. The van der Waals surface area contributed by atoms with E-state index in [4.69, 9.17) is 11.6 Å². The molecule has 4 aromatic carbocycles. The number of thioether (sulfide) groups is 1. The number of carbonyl (C=O) groups excluding carboxylic acids is 3. The molecule has 0 saturated heterocycles. The third-order valence-electron chi connectivity index (χ3n) is 6.07. The van der Waals surface area contributed by atoms with Crippen molar-refractivity contribution in [1.29, 1.82) is 0 Å². The SMILES string of the molecule is Cc1ccc(NC(=O)CSc2cccc(NC(=O)/C(=C\c3c(F)cccc3Cl)NC(=O)c3ccccc3)c2)cc1C. The average molecular weight is 588 g/mol. The van der Waals surface area contributed by atoms with Crippen molar-refractivity contribution >= 4 is 58.5 Å². The van der Waals surface area contributed by atoms with E-state index in [1.807, 2.05) is 38.1 Å². The van der Waals surface area contributed by atoms with Crippen LogP contribution in [-0.4, -0.2) is 23.5 Å². The fourth-order valence-electron chi connectivity index (χ4n) is 3.76. The summed E-state index contributed by atoms with van der Waals surface area (Å²) in [6.45, 7) is 3.99. The number of benzene rings is 4. The lowest BCUT2D eigenvalue weighted by molar-refractivity contribution is -0.114. The number of rotatable bonds is 9. The van der Waals surface area contributed by atoms with Crippen molar-refractivity contribution in [3.05, 3.63) is 130 Å². The lowest BCUT2D eigenvalue weighted by Gasteiger charge is -2.13. The zero-order valence-electron chi connectivity index (χ0n) is 22.3. The number of hydrogen-bond acceptors (Lipinski definition) is 4. The first-order chi connectivity index (χ1) is 19.7. The molecule has 3 amide bonds. The minimum atomic E-state index is -0.678. The molecule has 0 aliphatic heterocycles. The van der Waals surface area contributed by atoms with Crippen LogP contribution < -0.4 is 16.0 Å². The zero-order valence-corrected chi connectivity index (χ0v) is 23.9. The van der Waals surface area contributed by atoms with Gasteiger partial charge in [-0.3, -0.25) is 14.4 Å². The summed E-state index contributed by atoms with van der Waals surface area (Å²) in [6, 6.07) is 25.1. The maximum atomic E-state index is 14.5. The van der Waals surface area contributed by atoms with Gasteiger partial charge < -0.3 is 16.0 Å². The average Bonchev–Trinajstić information content (AvgIpc) is 2.96. The van der Waals surface area contributed by atoms with Crippen LogP contribution in [0.5, 0.6) is 0 Å². The van der Waals surface area contributed by atoms with Crippen molar-refractivity contribution in [1.82, 2.24) is 5.32 Å². The second-order valence-corrected chi connectivity index (χ2v) is 10.6. The molecule has 6 nitrogen and oxygen atoms in total. The van der Waals surface area contributed by atoms with Crippen LogP contribution in [0.3, 0.4) is 0 Å². The molecule has 3 N–H and O–H groups in total. The number of carbonyl (C=O) groups is 3. The molecule has 4 rings (SSSR count). The fourth-order valence-corrected chi connectivity index (χ4v) is 4.74. The van der Waals surface area contributed by atoms with E-state index in [0.29, 0.717) is 11.3 Å². The molecule has 41 heavy (non-hydrogen) atoms. The number of amides is 3. The zero-order chi connectivity index (χ0) is 29.4. The summed E-state index contributed by atoms with van der Waals surface area (Å²) in [5, 5.41) is 8.28. The third-order valence-corrected chi connectivity index (χ3v) is 7.39. The first-order valence-electron chi connectivity index (χ1n) is 12.6. The van der Waals surface area contributed by atoms with E-state index in [1.54, 1.807) is 48.5 Å². The van der Waals surface area contributed by atoms with Gasteiger partial charge in [0.05, 0.1) is 10.8 Å². The lowest BCUT2D eigenvalue weighted by atomic mass is 10.1. The van der Waals surface area contributed by atoms with Crippen LogP contribution in [0.1, 0.15) is 27.0 Å². The van der Waals surface area contributed by atoms with E-state index in [1.165, 1.54) is 36.0 Å². The summed E-state index contributed by atoms with van der Waals surface area (Å²) in [5.74, 6) is -1.87. The largest absolute Gasteiger partial charge is 0.325 e. The Hall–Kier alpha value is -4.40. The maximum Gasteiger partial charge on any atom is 0.272 e. The molecule has 0 bridgehead atoms. The van der Waals surface area contributed by atoms with Crippen molar-refractivity contribution in [2.24, 2.45) is 0 Å². The molecular weight excluding hydrogens is 561 g/mol. The van der Waals surface area contributed by atoms with Crippen molar-refractivity contribution in [3.63, 3.8) is 0 Å². The van der Waals surface area contributed by atoms with Gasteiger partial charge in [0.2, 0.25) is 5.91 Å². The van der Waals surface area contributed by atoms with Crippen molar-refractivity contribution in [3.8, 4) is 0 Å².